The molecule has 0 heterocycles. The van der Waals surface area contributed by atoms with Gasteiger partial charge in [0.1, 0.15) is 0 Å². The Hall–Kier alpha value is -0.870. The number of amides is 1. The van der Waals surface area contributed by atoms with Gasteiger partial charge in [0.15, 0.2) is 0 Å². The first-order chi connectivity index (χ1) is 11.5. The van der Waals surface area contributed by atoms with Gasteiger partial charge in [-0.15, -0.1) is 0 Å². The number of unbranched alkanes of at least 4 members (excludes halogenated alkanes) is 11. The molecule has 1 amide bonds. The highest BCUT2D eigenvalue weighted by atomic mass is 16.6. The van der Waals surface area contributed by atoms with Crippen LogP contribution in [0.15, 0.2) is 12.2 Å². The molecule has 0 bridgehead atoms. The minimum Gasteiger partial charge on any atom is -0.607 e. The maximum atomic E-state index is 11.5. The van der Waals surface area contributed by atoms with Crippen LogP contribution in [0.3, 0.4) is 0 Å². The van der Waals surface area contributed by atoms with Crippen molar-refractivity contribution in [3.8, 4) is 0 Å². The fraction of sp³-hybridized carbons (Fsp3) is 0.850. The number of hydrogen-bond acceptors (Lipinski definition) is 2. The lowest BCUT2D eigenvalue weighted by atomic mass is 10.1. The Kier molecular flexibility index (Phi) is 15.1. The standard InChI is InChI=1S/C20H40N2O2/c1-4-5-6-7-8-9-10-11-12-13-14-15-16-17-18-19-20(23)21-22(2,3)24/h11-12H,4-10,13-19H2,1-3H3,(H,21,23)/b12-11-. The summed E-state index contributed by atoms with van der Waals surface area (Å²) in [6.07, 6.45) is 21.3. The van der Waals surface area contributed by atoms with Crippen molar-refractivity contribution in [1.29, 1.82) is 0 Å². The largest absolute Gasteiger partial charge is 0.607 e. The summed E-state index contributed by atoms with van der Waals surface area (Å²) < 4.78 is -0.746. The third kappa shape index (κ3) is 19.2. The summed E-state index contributed by atoms with van der Waals surface area (Å²) in [7, 11) is 2.83. The summed E-state index contributed by atoms with van der Waals surface area (Å²) in [4.78, 5) is 11.5. The zero-order valence-corrected chi connectivity index (χ0v) is 16.3. The molecule has 0 unspecified atom stereocenters. The van der Waals surface area contributed by atoms with E-state index >= 15 is 0 Å². The molecule has 4 heteroatoms. The van der Waals surface area contributed by atoms with Crippen molar-refractivity contribution in [2.24, 2.45) is 0 Å². The Balaban J connectivity index is 3.25. The van der Waals surface area contributed by atoms with Gasteiger partial charge in [-0.3, -0.25) is 9.55 Å². The lowest BCUT2D eigenvalue weighted by Crippen LogP contribution is -2.49. The first-order valence-electron chi connectivity index (χ1n) is 9.97. The molecular weight excluding hydrogens is 300 g/mol. The van der Waals surface area contributed by atoms with E-state index in [9.17, 15) is 10.0 Å². The molecule has 0 aromatic heterocycles. The van der Waals surface area contributed by atoms with Crippen LogP contribution >= 0.6 is 0 Å². The van der Waals surface area contributed by atoms with Crippen molar-refractivity contribution in [1.82, 2.24) is 5.43 Å². The molecule has 0 atom stereocenters. The van der Waals surface area contributed by atoms with Gasteiger partial charge in [0, 0.05) is 6.42 Å². The number of quaternary nitrogens is 1. The SMILES string of the molecule is CCCCCCCC/C=C\CCCCCCCC(=O)N[N+](C)(C)[O-]. The van der Waals surface area contributed by atoms with Gasteiger partial charge >= 0.3 is 0 Å². The predicted molar refractivity (Wildman–Crippen MR) is 103 cm³/mol. The molecule has 24 heavy (non-hydrogen) atoms. The molecule has 142 valence electrons. The third-order valence-corrected chi connectivity index (χ3v) is 4.06. The van der Waals surface area contributed by atoms with Crippen LogP contribution in [0.1, 0.15) is 96.8 Å². The van der Waals surface area contributed by atoms with E-state index in [-0.39, 0.29) is 5.91 Å². The molecular formula is C20H40N2O2. The second-order valence-electron chi connectivity index (χ2n) is 7.22. The molecule has 0 aliphatic heterocycles. The number of nitrogens with one attached hydrogen (secondary N) is 1. The molecule has 0 saturated carbocycles. The van der Waals surface area contributed by atoms with Gasteiger partial charge in [-0.25, -0.2) is 5.43 Å². The smallest absolute Gasteiger partial charge is 0.265 e. The van der Waals surface area contributed by atoms with Gasteiger partial charge < -0.3 is 5.21 Å². The number of carbonyl (C=O) groups is 1. The van der Waals surface area contributed by atoms with E-state index in [0.29, 0.717) is 6.42 Å². The highest BCUT2D eigenvalue weighted by molar-refractivity contribution is 5.74. The highest BCUT2D eigenvalue weighted by Crippen LogP contribution is 2.10. The van der Waals surface area contributed by atoms with Gasteiger partial charge in [0.05, 0.1) is 14.1 Å². The van der Waals surface area contributed by atoms with Gasteiger partial charge in [-0.2, -0.15) is 0 Å². The first kappa shape index (κ1) is 23.1. The molecule has 0 aromatic carbocycles. The molecule has 0 saturated heterocycles. The Morgan fingerprint density at radius 1 is 0.833 bits per heavy atom. The van der Waals surface area contributed by atoms with Crippen LogP contribution in [-0.2, 0) is 4.79 Å². The maximum Gasteiger partial charge on any atom is 0.265 e. The molecule has 1 N–H and O–H groups in total. The number of hydroxylamine groups is 2. The summed E-state index contributed by atoms with van der Waals surface area (Å²) >= 11 is 0. The fourth-order valence-electron chi connectivity index (χ4n) is 2.71. The molecule has 4 nitrogen and oxygen atoms in total. The van der Waals surface area contributed by atoms with Gasteiger partial charge in [-0.1, -0.05) is 70.4 Å². The normalized spacial score (nSPS) is 12.0. The van der Waals surface area contributed by atoms with E-state index in [0.717, 1.165) is 12.8 Å². The topological polar surface area (TPSA) is 52.2 Å². The molecule has 0 spiro atoms. The number of nitrogens with zero attached hydrogens (tertiary/aromatic N) is 1. The number of rotatable bonds is 16. The van der Waals surface area contributed by atoms with Crippen molar-refractivity contribution in [3.05, 3.63) is 17.4 Å². The Bertz CT molecular complexity index is 322. The average Bonchev–Trinajstić information content (AvgIpc) is 2.49. The van der Waals surface area contributed by atoms with Crippen molar-refractivity contribution in [2.75, 3.05) is 14.1 Å². The van der Waals surface area contributed by atoms with Gasteiger partial charge in [0.25, 0.3) is 5.91 Å². The van der Waals surface area contributed by atoms with Crippen molar-refractivity contribution >= 4 is 5.91 Å². The lowest BCUT2D eigenvalue weighted by Gasteiger charge is -2.32. The number of hydrogen-bond donors (Lipinski definition) is 1. The lowest BCUT2D eigenvalue weighted by molar-refractivity contribution is -0.876. The molecule has 0 aliphatic carbocycles. The fourth-order valence-corrected chi connectivity index (χ4v) is 2.71. The molecule has 0 rings (SSSR count). The highest BCUT2D eigenvalue weighted by Gasteiger charge is 2.07. The molecule has 0 aliphatic rings. The van der Waals surface area contributed by atoms with Crippen molar-refractivity contribution in [2.45, 2.75) is 96.8 Å². The summed E-state index contributed by atoms with van der Waals surface area (Å²) in [5.41, 5.74) is 2.40. The second-order valence-corrected chi connectivity index (χ2v) is 7.22. The van der Waals surface area contributed by atoms with Crippen LogP contribution in [0.2, 0.25) is 0 Å². The van der Waals surface area contributed by atoms with E-state index in [4.69, 9.17) is 0 Å². The van der Waals surface area contributed by atoms with Crippen molar-refractivity contribution < 1.29 is 9.55 Å². The van der Waals surface area contributed by atoms with E-state index in [1.54, 1.807) is 0 Å². The summed E-state index contributed by atoms with van der Waals surface area (Å²) in [5.74, 6) is -0.146. The molecule has 0 fully saturated rings. The van der Waals surface area contributed by atoms with Crippen LogP contribution in [0.4, 0.5) is 0 Å². The van der Waals surface area contributed by atoms with Crippen LogP contribution in [0.25, 0.3) is 0 Å². The zero-order chi connectivity index (χ0) is 18.1. The minimum atomic E-state index is -0.746. The zero-order valence-electron chi connectivity index (χ0n) is 16.3. The number of allylic oxidation sites excluding steroid dienone is 2. The maximum absolute atomic E-state index is 11.5. The van der Waals surface area contributed by atoms with E-state index in [2.05, 4.69) is 24.5 Å². The van der Waals surface area contributed by atoms with Crippen molar-refractivity contribution in [3.63, 3.8) is 0 Å². The third-order valence-electron chi connectivity index (χ3n) is 4.06. The quantitative estimate of drug-likeness (QED) is 0.171. The number of carbonyl (C=O) groups excluding carboxylic acids is 1. The Morgan fingerprint density at radius 2 is 1.29 bits per heavy atom. The monoisotopic (exact) mass is 340 g/mol. The van der Waals surface area contributed by atoms with Gasteiger partial charge in [0.2, 0.25) is 0 Å². The summed E-state index contributed by atoms with van der Waals surface area (Å²) in [5, 5.41) is 11.3. The Morgan fingerprint density at radius 3 is 1.79 bits per heavy atom. The van der Waals surface area contributed by atoms with Crippen LogP contribution in [0, 0.1) is 5.21 Å². The first-order valence-corrected chi connectivity index (χ1v) is 9.97. The molecule has 0 aromatic rings. The van der Waals surface area contributed by atoms with Crippen LogP contribution in [0.5, 0.6) is 0 Å². The van der Waals surface area contributed by atoms with E-state index < -0.39 is 4.76 Å². The minimum absolute atomic E-state index is 0.146. The van der Waals surface area contributed by atoms with Gasteiger partial charge in [-0.05, 0) is 32.1 Å². The Labute approximate surface area is 149 Å². The predicted octanol–water partition coefficient (Wildman–Crippen LogP) is 5.63. The molecule has 0 radical (unpaired) electrons. The second kappa shape index (κ2) is 15.6. The van der Waals surface area contributed by atoms with E-state index in [1.807, 2.05) is 0 Å². The van der Waals surface area contributed by atoms with Crippen LogP contribution in [-0.4, -0.2) is 24.8 Å². The van der Waals surface area contributed by atoms with Crippen LogP contribution < -0.4 is 5.43 Å². The summed E-state index contributed by atoms with van der Waals surface area (Å²) in [6, 6.07) is 0. The summed E-state index contributed by atoms with van der Waals surface area (Å²) in [6.45, 7) is 2.26. The van der Waals surface area contributed by atoms with E-state index in [1.165, 1.54) is 84.7 Å². The average molecular weight is 341 g/mol.